The van der Waals surface area contributed by atoms with E-state index in [-0.39, 0.29) is 11.7 Å². The lowest BCUT2D eigenvalue weighted by Gasteiger charge is -2.06. The van der Waals surface area contributed by atoms with E-state index in [9.17, 15) is 9.18 Å². The largest absolute Gasteiger partial charge is 0.399 e. The van der Waals surface area contributed by atoms with Gasteiger partial charge in [0.1, 0.15) is 5.82 Å². The van der Waals surface area contributed by atoms with Crippen LogP contribution in [0.25, 0.3) is 10.1 Å². The van der Waals surface area contributed by atoms with Gasteiger partial charge >= 0.3 is 0 Å². The number of anilines is 2. The molecule has 2 aromatic carbocycles. The third kappa shape index (κ3) is 2.73. The number of nitrogens with two attached hydrogens (primary N) is 1. The van der Waals surface area contributed by atoms with Crippen LogP contribution in [-0.2, 0) is 0 Å². The first-order valence-corrected chi connectivity index (χ1v) is 7.21. The Kier molecular flexibility index (Phi) is 3.35. The first-order valence-electron chi connectivity index (χ1n) is 6.39. The van der Waals surface area contributed by atoms with Crippen molar-refractivity contribution in [2.45, 2.75) is 6.92 Å². The Bertz CT molecular complexity index is 841. The monoisotopic (exact) mass is 300 g/mol. The average molecular weight is 300 g/mol. The standard InChI is InChI=1S/C16H13FN2OS/c1-9-6-11(17)2-4-13(9)19-16(20)15-8-10-7-12(18)3-5-14(10)21-15/h2-8H,18H2,1H3,(H,19,20). The molecule has 21 heavy (non-hydrogen) atoms. The SMILES string of the molecule is Cc1cc(F)ccc1NC(=O)c1cc2cc(N)ccc2s1. The number of carbonyl (C=O) groups excluding carboxylic acids is 1. The number of aryl methyl sites for hydroxylation is 1. The highest BCUT2D eigenvalue weighted by molar-refractivity contribution is 7.20. The smallest absolute Gasteiger partial charge is 0.265 e. The van der Waals surface area contributed by atoms with Gasteiger partial charge in [0.15, 0.2) is 0 Å². The van der Waals surface area contributed by atoms with Gasteiger partial charge in [-0.15, -0.1) is 11.3 Å². The number of nitrogen functional groups attached to an aromatic ring is 1. The molecule has 0 spiro atoms. The van der Waals surface area contributed by atoms with E-state index in [2.05, 4.69) is 5.32 Å². The molecule has 3 rings (SSSR count). The number of nitrogens with one attached hydrogen (secondary N) is 1. The highest BCUT2D eigenvalue weighted by Crippen LogP contribution is 2.28. The summed E-state index contributed by atoms with van der Waals surface area (Å²) in [5.41, 5.74) is 7.70. The maximum atomic E-state index is 13.1. The van der Waals surface area contributed by atoms with Crippen molar-refractivity contribution in [3.8, 4) is 0 Å². The van der Waals surface area contributed by atoms with Gasteiger partial charge in [0.25, 0.3) is 5.91 Å². The minimum Gasteiger partial charge on any atom is -0.399 e. The molecule has 0 aliphatic rings. The summed E-state index contributed by atoms with van der Waals surface area (Å²) in [4.78, 5) is 12.9. The number of carbonyl (C=O) groups is 1. The van der Waals surface area contributed by atoms with E-state index < -0.39 is 0 Å². The number of halogens is 1. The lowest BCUT2D eigenvalue weighted by Crippen LogP contribution is -2.11. The summed E-state index contributed by atoms with van der Waals surface area (Å²) in [6.07, 6.45) is 0. The van der Waals surface area contributed by atoms with Crippen LogP contribution in [0.2, 0.25) is 0 Å². The van der Waals surface area contributed by atoms with Crippen molar-refractivity contribution in [3.63, 3.8) is 0 Å². The maximum absolute atomic E-state index is 13.1. The number of hydrogen-bond acceptors (Lipinski definition) is 3. The van der Waals surface area contributed by atoms with Gasteiger partial charge in [-0.3, -0.25) is 4.79 Å². The summed E-state index contributed by atoms with van der Waals surface area (Å²) in [6.45, 7) is 1.75. The second kappa shape index (κ2) is 5.18. The van der Waals surface area contributed by atoms with Crippen molar-refractivity contribution in [3.05, 3.63) is 58.7 Å². The Labute approximate surface area is 125 Å². The summed E-state index contributed by atoms with van der Waals surface area (Å²) >= 11 is 1.40. The molecular formula is C16H13FN2OS. The normalized spacial score (nSPS) is 10.8. The third-order valence-corrected chi connectivity index (χ3v) is 4.32. The molecule has 1 heterocycles. The lowest BCUT2D eigenvalue weighted by atomic mass is 10.2. The molecule has 0 fully saturated rings. The van der Waals surface area contributed by atoms with Crippen LogP contribution in [0.4, 0.5) is 15.8 Å². The van der Waals surface area contributed by atoms with E-state index in [0.717, 1.165) is 10.1 Å². The second-order valence-electron chi connectivity index (χ2n) is 4.82. The zero-order valence-corrected chi connectivity index (χ0v) is 12.1. The molecular weight excluding hydrogens is 287 g/mol. The van der Waals surface area contributed by atoms with Crippen LogP contribution in [0, 0.1) is 12.7 Å². The Morgan fingerprint density at radius 1 is 1.19 bits per heavy atom. The first kappa shape index (κ1) is 13.6. The number of benzene rings is 2. The van der Waals surface area contributed by atoms with Crippen LogP contribution in [0.1, 0.15) is 15.2 Å². The lowest BCUT2D eigenvalue weighted by molar-refractivity contribution is 0.103. The predicted molar refractivity (Wildman–Crippen MR) is 85.3 cm³/mol. The van der Waals surface area contributed by atoms with Crippen LogP contribution in [0.5, 0.6) is 0 Å². The summed E-state index contributed by atoms with van der Waals surface area (Å²) < 4.78 is 14.1. The van der Waals surface area contributed by atoms with Gasteiger partial charge in [0.05, 0.1) is 4.88 Å². The molecule has 0 aliphatic carbocycles. The van der Waals surface area contributed by atoms with Gasteiger partial charge in [0, 0.05) is 16.1 Å². The minimum absolute atomic E-state index is 0.204. The van der Waals surface area contributed by atoms with Crippen molar-refractivity contribution in [2.75, 3.05) is 11.1 Å². The molecule has 3 nitrogen and oxygen atoms in total. The van der Waals surface area contributed by atoms with Crippen LogP contribution in [0.3, 0.4) is 0 Å². The minimum atomic E-state index is -0.317. The van der Waals surface area contributed by atoms with E-state index in [0.29, 0.717) is 21.8 Å². The van der Waals surface area contributed by atoms with Gasteiger partial charge in [-0.2, -0.15) is 0 Å². The molecule has 1 aromatic heterocycles. The van der Waals surface area contributed by atoms with E-state index >= 15 is 0 Å². The molecule has 0 radical (unpaired) electrons. The molecule has 3 N–H and O–H groups in total. The van der Waals surface area contributed by atoms with E-state index in [4.69, 9.17) is 5.73 Å². The fourth-order valence-corrected chi connectivity index (χ4v) is 3.06. The van der Waals surface area contributed by atoms with Gasteiger partial charge in [-0.25, -0.2) is 4.39 Å². The number of hydrogen-bond donors (Lipinski definition) is 2. The molecule has 3 aromatic rings. The third-order valence-electron chi connectivity index (χ3n) is 3.20. The van der Waals surface area contributed by atoms with Crippen molar-refractivity contribution >= 4 is 38.7 Å². The molecule has 0 unspecified atom stereocenters. The summed E-state index contributed by atoms with van der Waals surface area (Å²) in [5.74, 6) is -0.521. The molecule has 0 bridgehead atoms. The van der Waals surface area contributed by atoms with Gasteiger partial charge in [-0.1, -0.05) is 0 Å². The Morgan fingerprint density at radius 2 is 2.00 bits per heavy atom. The fourth-order valence-electron chi connectivity index (χ4n) is 2.12. The first-order chi connectivity index (χ1) is 10.0. The van der Waals surface area contributed by atoms with Gasteiger partial charge in [-0.05, 0) is 60.3 Å². The second-order valence-corrected chi connectivity index (χ2v) is 5.91. The Hall–Kier alpha value is -2.40. The molecule has 1 amide bonds. The molecule has 5 heteroatoms. The topological polar surface area (TPSA) is 55.1 Å². The number of amides is 1. The van der Waals surface area contributed by atoms with Crippen LogP contribution >= 0.6 is 11.3 Å². The van der Waals surface area contributed by atoms with E-state index in [1.165, 1.54) is 23.5 Å². The fraction of sp³-hybridized carbons (Fsp3) is 0.0625. The van der Waals surface area contributed by atoms with E-state index in [1.807, 2.05) is 24.3 Å². The number of fused-ring (bicyclic) bond motifs is 1. The summed E-state index contributed by atoms with van der Waals surface area (Å²) in [5, 5.41) is 3.75. The molecule has 0 saturated heterocycles. The van der Waals surface area contributed by atoms with Crippen LogP contribution in [-0.4, -0.2) is 5.91 Å². The van der Waals surface area contributed by atoms with Crippen molar-refractivity contribution in [1.82, 2.24) is 0 Å². The molecule has 0 atom stereocenters. The number of thiophene rings is 1. The van der Waals surface area contributed by atoms with Gasteiger partial charge < -0.3 is 11.1 Å². The Morgan fingerprint density at radius 3 is 2.76 bits per heavy atom. The number of rotatable bonds is 2. The molecule has 106 valence electrons. The van der Waals surface area contributed by atoms with Crippen molar-refractivity contribution in [2.24, 2.45) is 0 Å². The highest BCUT2D eigenvalue weighted by atomic mass is 32.1. The Balaban J connectivity index is 1.89. The van der Waals surface area contributed by atoms with Crippen molar-refractivity contribution in [1.29, 1.82) is 0 Å². The maximum Gasteiger partial charge on any atom is 0.265 e. The van der Waals surface area contributed by atoms with Gasteiger partial charge in [0.2, 0.25) is 0 Å². The zero-order valence-electron chi connectivity index (χ0n) is 11.3. The average Bonchev–Trinajstić information content (AvgIpc) is 2.85. The van der Waals surface area contributed by atoms with E-state index in [1.54, 1.807) is 13.0 Å². The molecule has 0 saturated carbocycles. The van der Waals surface area contributed by atoms with Crippen molar-refractivity contribution < 1.29 is 9.18 Å². The van der Waals surface area contributed by atoms with Crippen LogP contribution < -0.4 is 11.1 Å². The summed E-state index contributed by atoms with van der Waals surface area (Å²) in [7, 11) is 0. The van der Waals surface area contributed by atoms with Crippen LogP contribution in [0.15, 0.2) is 42.5 Å². The quantitative estimate of drug-likeness (QED) is 0.697. The summed E-state index contributed by atoms with van der Waals surface area (Å²) in [6, 6.07) is 11.6. The predicted octanol–water partition coefficient (Wildman–Crippen LogP) is 4.18. The molecule has 0 aliphatic heterocycles. The highest BCUT2D eigenvalue weighted by Gasteiger charge is 2.12. The zero-order chi connectivity index (χ0) is 15.0.